The van der Waals surface area contributed by atoms with Crippen LogP contribution in [0.3, 0.4) is 0 Å². The molecule has 4 nitrogen and oxygen atoms in total. The van der Waals surface area contributed by atoms with Crippen LogP contribution in [0, 0.1) is 5.82 Å². The molecule has 1 atom stereocenters. The summed E-state index contributed by atoms with van der Waals surface area (Å²) in [6, 6.07) is 6.45. The van der Waals surface area contributed by atoms with Gasteiger partial charge in [-0.3, -0.25) is 4.21 Å². The minimum atomic E-state index is -1.29. The molecule has 2 aliphatic rings. The molecule has 0 unspecified atom stereocenters. The van der Waals surface area contributed by atoms with Crippen molar-refractivity contribution in [3.8, 4) is 0 Å². The summed E-state index contributed by atoms with van der Waals surface area (Å²) in [5, 5.41) is 8.56. The van der Waals surface area contributed by atoms with Gasteiger partial charge in [-0.05, 0) is 43.9 Å². The van der Waals surface area contributed by atoms with Crippen LogP contribution in [0.15, 0.2) is 29.2 Å². The normalized spacial score (nSPS) is 19.7. The van der Waals surface area contributed by atoms with Gasteiger partial charge < -0.3 is 4.57 Å². The number of aromatic nitrogens is 3. The Morgan fingerprint density at radius 2 is 2.05 bits per heavy atom. The molecule has 1 heterocycles. The van der Waals surface area contributed by atoms with E-state index in [-0.39, 0.29) is 5.82 Å². The zero-order valence-corrected chi connectivity index (χ0v) is 12.4. The average molecular weight is 305 g/mol. The van der Waals surface area contributed by atoms with Gasteiger partial charge in [-0.1, -0.05) is 6.07 Å². The molecule has 1 aromatic carbocycles. The summed E-state index contributed by atoms with van der Waals surface area (Å²) in [6.45, 7) is 0. The van der Waals surface area contributed by atoms with Gasteiger partial charge in [-0.25, -0.2) is 4.39 Å². The molecule has 2 saturated carbocycles. The fraction of sp³-hybridized carbons (Fsp3) is 0.467. The van der Waals surface area contributed by atoms with Gasteiger partial charge in [0.05, 0.1) is 16.6 Å². The maximum atomic E-state index is 13.2. The highest BCUT2D eigenvalue weighted by Crippen LogP contribution is 2.44. The molecule has 6 heteroatoms. The van der Waals surface area contributed by atoms with Crippen LogP contribution >= 0.6 is 0 Å². The van der Waals surface area contributed by atoms with E-state index >= 15 is 0 Å². The van der Waals surface area contributed by atoms with Crippen LogP contribution in [-0.2, 0) is 16.6 Å². The van der Waals surface area contributed by atoms with E-state index in [9.17, 15) is 8.60 Å². The molecule has 1 aromatic heterocycles. The third kappa shape index (κ3) is 2.64. The fourth-order valence-electron chi connectivity index (χ4n) is 2.60. The second-order valence-corrected chi connectivity index (χ2v) is 7.25. The quantitative estimate of drug-likeness (QED) is 0.853. The number of hydrogen-bond donors (Lipinski definition) is 0. The van der Waals surface area contributed by atoms with Crippen molar-refractivity contribution in [1.29, 1.82) is 0 Å². The first-order valence-electron chi connectivity index (χ1n) is 7.30. The van der Waals surface area contributed by atoms with E-state index in [2.05, 4.69) is 14.8 Å². The molecule has 0 radical (unpaired) electrons. The molecule has 0 spiro atoms. The van der Waals surface area contributed by atoms with Gasteiger partial charge in [0, 0.05) is 16.9 Å². The Bertz CT molecular complexity index is 707. The molecule has 0 N–H and O–H groups in total. The topological polar surface area (TPSA) is 47.8 Å². The molecule has 0 saturated heterocycles. The largest absolute Gasteiger partial charge is 0.311 e. The Kier molecular flexibility index (Phi) is 3.14. The molecule has 110 valence electrons. The van der Waals surface area contributed by atoms with Gasteiger partial charge in [0.25, 0.3) is 0 Å². The zero-order chi connectivity index (χ0) is 14.4. The van der Waals surface area contributed by atoms with Crippen molar-refractivity contribution < 1.29 is 8.60 Å². The molecule has 2 fully saturated rings. The lowest BCUT2D eigenvalue weighted by Crippen LogP contribution is -2.08. The van der Waals surface area contributed by atoms with Crippen LogP contribution in [-0.4, -0.2) is 19.0 Å². The van der Waals surface area contributed by atoms with Gasteiger partial charge in [-0.2, -0.15) is 0 Å². The predicted octanol–water partition coefficient (Wildman–Crippen LogP) is 2.94. The predicted molar refractivity (Wildman–Crippen MR) is 76.8 cm³/mol. The van der Waals surface area contributed by atoms with E-state index in [1.54, 1.807) is 12.1 Å². The molecule has 0 aliphatic heterocycles. The second kappa shape index (κ2) is 5.02. The lowest BCUT2D eigenvalue weighted by molar-refractivity contribution is 0.622. The van der Waals surface area contributed by atoms with Crippen LogP contribution in [0.25, 0.3) is 0 Å². The van der Waals surface area contributed by atoms with E-state index in [1.165, 1.54) is 25.0 Å². The number of halogens is 1. The van der Waals surface area contributed by atoms with Crippen molar-refractivity contribution in [1.82, 2.24) is 14.8 Å². The first-order valence-corrected chi connectivity index (χ1v) is 8.62. The smallest absolute Gasteiger partial charge is 0.146 e. The van der Waals surface area contributed by atoms with Crippen molar-refractivity contribution in [3.05, 3.63) is 41.7 Å². The fourth-order valence-corrected chi connectivity index (χ4v) is 3.67. The Morgan fingerprint density at radius 1 is 1.24 bits per heavy atom. The molecule has 21 heavy (non-hydrogen) atoms. The van der Waals surface area contributed by atoms with Crippen LogP contribution in [0.5, 0.6) is 0 Å². The number of benzene rings is 1. The van der Waals surface area contributed by atoms with E-state index in [4.69, 9.17) is 0 Å². The minimum absolute atomic E-state index is 0.305. The molecule has 0 amide bonds. The lowest BCUT2D eigenvalue weighted by atomic mass is 10.3. The number of rotatable bonds is 5. The van der Waals surface area contributed by atoms with Crippen LogP contribution < -0.4 is 0 Å². The van der Waals surface area contributed by atoms with Gasteiger partial charge in [0.15, 0.2) is 0 Å². The molecule has 0 bridgehead atoms. The summed E-state index contributed by atoms with van der Waals surface area (Å²) >= 11 is 0. The zero-order valence-electron chi connectivity index (χ0n) is 11.5. The highest BCUT2D eigenvalue weighted by atomic mass is 32.2. The van der Waals surface area contributed by atoms with Gasteiger partial charge >= 0.3 is 0 Å². The summed E-state index contributed by atoms with van der Waals surface area (Å²) in [4.78, 5) is 0.508. The minimum Gasteiger partial charge on any atom is -0.311 e. The molecule has 4 rings (SSSR count). The maximum Gasteiger partial charge on any atom is 0.146 e. The Morgan fingerprint density at radius 3 is 2.71 bits per heavy atom. The van der Waals surface area contributed by atoms with Crippen LogP contribution in [0.1, 0.15) is 49.3 Å². The summed E-state index contributed by atoms with van der Waals surface area (Å²) in [5.74, 6) is 2.32. The second-order valence-electron chi connectivity index (χ2n) is 5.80. The molecular formula is C15H16FN3OS. The van der Waals surface area contributed by atoms with Gasteiger partial charge in [0.1, 0.15) is 17.5 Å². The number of hydrogen-bond acceptors (Lipinski definition) is 3. The van der Waals surface area contributed by atoms with Crippen molar-refractivity contribution in [3.63, 3.8) is 0 Å². The Balaban J connectivity index is 1.60. The number of nitrogens with zero attached hydrogens (tertiary/aromatic N) is 3. The summed E-state index contributed by atoms with van der Waals surface area (Å²) in [6.07, 6.45) is 4.66. The Hall–Kier alpha value is -1.56. The van der Waals surface area contributed by atoms with Crippen molar-refractivity contribution in [2.24, 2.45) is 0 Å². The maximum absolute atomic E-state index is 13.2. The summed E-state index contributed by atoms with van der Waals surface area (Å²) < 4.78 is 27.8. The van der Waals surface area contributed by atoms with Crippen molar-refractivity contribution >= 4 is 10.8 Å². The van der Waals surface area contributed by atoms with Crippen LogP contribution in [0.2, 0.25) is 0 Å². The lowest BCUT2D eigenvalue weighted by Gasteiger charge is -2.08. The van der Waals surface area contributed by atoms with E-state index in [0.717, 1.165) is 24.5 Å². The molecule has 2 aromatic rings. The van der Waals surface area contributed by atoms with Gasteiger partial charge in [-0.15, -0.1) is 10.2 Å². The first kappa shape index (κ1) is 13.1. The third-order valence-electron chi connectivity index (χ3n) is 3.97. The monoisotopic (exact) mass is 305 g/mol. The third-order valence-corrected chi connectivity index (χ3v) is 5.27. The summed E-state index contributed by atoms with van der Waals surface area (Å²) in [7, 11) is -1.29. The molecular weight excluding hydrogens is 289 g/mol. The van der Waals surface area contributed by atoms with Gasteiger partial charge in [0.2, 0.25) is 0 Å². The standard InChI is InChI=1S/C15H16FN3OS/c16-11-2-1-3-13(8-11)21(20)9-14-17-18-15(10-4-5-10)19(14)12-6-7-12/h1-3,8,10,12H,4-7,9H2/t21-/m0/s1. The average Bonchev–Trinajstić information content (AvgIpc) is 3.38. The van der Waals surface area contributed by atoms with E-state index in [0.29, 0.717) is 22.6 Å². The van der Waals surface area contributed by atoms with Crippen LogP contribution in [0.4, 0.5) is 4.39 Å². The van der Waals surface area contributed by atoms with Crippen molar-refractivity contribution in [2.45, 2.75) is 48.3 Å². The first-order chi connectivity index (χ1) is 10.2. The Labute approximate surface area is 124 Å². The van der Waals surface area contributed by atoms with E-state index in [1.807, 2.05) is 0 Å². The summed E-state index contributed by atoms with van der Waals surface area (Å²) in [5.41, 5.74) is 0. The van der Waals surface area contributed by atoms with E-state index < -0.39 is 10.8 Å². The highest BCUT2D eigenvalue weighted by molar-refractivity contribution is 7.84. The highest BCUT2D eigenvalue weighted by Gasteiger charge is 2.36. The van der Waals surface area contributed by atoms with Crippen molar-refractivity contribution in [2.75, 3.05) is 0 Å². The SMILES string of the molecule is O=[S@@](Cc1nnc(C2CC2)n1C1CC1)c1cccc(F)c1. The molecule has 2 aliphatic carbocycles.